The van der Waals surface area contributed by atoms with Gasteiger partial charge in [-0.2, -0.15) is 8.78 Å². The third kappa shape index (κ3) is 4.03. The Morgan fingerprint density at radius 1 is 1.40 bits per heavy atom. The summed E-state index contributed by atoms with van der Waals surface area (Å²) < 4.78 is 28.0. The Balaban J connectivity index is 2.69. The summed E-state index contributed by atoms with van der Waals surface area (Å²) >= 11 is 3.31. The molecule has 0 heterocycles. The van der Waals surface area contributed by atoms with Crippen molar-refractivity contribution < 1.29 is 13.5 Å². The zero-order valence-corrected chi connectivity index (χ0v) is 9.64. The summed E-state index contributed by atoms with van der Waals surface area (Å²) in [5, 5.41) is 0.891. The average Bonchev–Trinajstić information content (AvgIpc) is 2.15. The molecule has 0 amide bonds. The van der Waals surface area contributed by atoms with E-state index in [9.17, 15) is 8.78 Å². The van der Waals surface area contributed by atoms with Gasteiger partial charge in [0.1, 0.15) is 5.75 Å². The van der Waals surface area contributed by atoms with Crippen molar-refractivity contribution in [3.63, 3.8) is 0 Å². The Hall–Kier alpha value is -0.840. The predicted octanol–water partition coefficient (Wildman–Crippen LogP) is 3.20. The molecule has 2 nitrogen and oxygen atoms in total. The quantitative estimate of drug-likeness (QED) is 0.664. The molecule has 0 spiro atoms. The van der Waals surface area contributed by atoms with Crippen LogP contribution in [0.1, 0.15) is 12.0 Å². The van der Waals surface area contributed by atoms with E-state index in [1.807, 2.05) is 0 Å². The number of hydrogen-bond acceptors (Lipinski definition) is 2. The lowest BCUT2D eigenvalue weighted by molar-refractivity contribution is -0.0498. The highest BCUT2D eigenvalue weighted by molar-refractivity contribution is 9.09. The molecule has 0 saturated carbocycles. The maximum absolute atomic E-state index is 11.9. The number of alkyl halides is 3. The Labute approximate surface area is 95.5 Å². The molecule has 84 valence electrons. The molecule has 5 heteroatoms. The van der Waals surface area contributed by atoms with Crippen LogP contribution in [0.4, 0.5) is 14.5 Å². The zero-order valence-electron chi connectivity index (χ0n) is 8.05. The first kappa shape index (κ1) is 12.2. The van der Waals surface area contributed by atoms with E-state index < -0.39 is 6.61 Å². The third-order valence-electron chi connectivity index (χ3n) is 1.92. The minimum Gasteiger partial charge on any atom is -0.435 e. The molecule has 0 aliphatic heterocycles. The van der Waals surface area contributed by atoms with Crippen molar-refractivity contribution in [2.45, 2.75) is 19.5 Å². The summed E-state index contributed by atoms with van der Waals surface area (Å²) in [6, 6.07) is 4.65. The molecular weight excluding hydrogens is 268 g/mol. The number of benzene rings is 1. The fraction of sp³-hybridized carbons (Fsp3) is 0.400. The Bertz CT molecular complexity index is 320. The van der Waals surface area contributed by atoms with Gasteiger partial charge in [0.15, 0.2) is 0 Å². The van der Waals surface area contributed by atoms with Crippen LogP contribution < -0.4 is 10.5 Å². The summed E-state index contributed by atoms with van der Waals surface area (Å²) in [5.41, 5.74) is 7.15. The molecule has 0 aliphatic carbocycles. The van der Waals surface area contributed by atoms with Gasteiger partial charge in [0.05, 0.1) is 0 Å². The Morgan fingerprint density at radius 3 is 2.67 bits per heavy atom. The van der Waals surface area contributed by atoms with Crippen LogP contribution in [0.15, 0.2) is 18.2 Å². The second-order valence-electron chi connectivity index (χ2n) is 3.03. The van der Waals surface area contributed by atoms with E-state index in [1.54, 1.807) is 6.07 Å². The Morgan fingerprint density at radius 2 is 2.13 bits per heavy atom. The predicted molar refractivity (Wildman–Crippen MR) is 59.6 cm³/mol. The van der Waals surface area contributed by atoms with Crippen LogP contribution in [0.5, 0.6) is 5.75 Å². The standard InChI is InChI=1S/C10H12BrF2NO/c11-5-1-2-7-3-4-8(6-9(7)14)15-10(12)13/h3-4,6,10H,1-2,5,14H2. The van der Waals surface area contributed by atoms with Crippen LogP contribution in [-0.4, -0.2) is 11.9 Å². The number of halogens is 3. The minimum atomic E-state index is -2.81. The van der Waals surface area contributed by atoms with Crippen molar-refractivity contribution in [1.82, 2.24) is 0 Å². The van der Waals surface area contributed by atoms with Crippen molar-refractivity contribution in [3.05, 3.63) is 23.8 Å². The lowest BCUT2D eigenvalue weighted by Crippen LogP contribution is -2.03. The number of nitrogens with two attached hydrogens (primary N) is 1. The number of rotatable bonds is 5. The largest absolute Gasteiger partial charge is 0.435 e. The second kappa shape index (κ2) is 5.90. The molecular formula is C10H12BrF2NO. The maximum atomic E-state index is 11.9. The molecule has 1 rings (SSSR count). The molecule has 1 aromatic carbocycles. The van der Waals surface area contributed by atoms with Crippen molar-refractivity contribution in [2.24, 2.45) is 0 Å². The van der Waals surface area contributed by atoms with Crippen LogP contribution in [0.3, 0.4) is 0 Å². The van der Waals surface area contributed by atoms with Gasteiger partial charge in [0.25, 0.3) is 0 Å². The molecule has 0 unspecified atom stereocenters. The molecule has 0 bridgehead atoms. The molecule has 0 aliphatic rings. The maximum Gasteiger partial charge on any atom is 0.387 e. The van der Waals surface area contributed by atoms with E-state index in [-0.39, 0.29) is 5.75 Å². The number of anilines is 1. The van der Waals surface area contributed by atoms with Crippen molar-refractivity contribution in [3.8, 4) is 5.75 Å². The summed E-state index contributed by atoms with van der Waals surface area (Å²) in [5.74, 6) is 0.102. The van der Waals surface area contributed by atoms with Crippen LogP contribution in [-0.2, 0) is 6.42 Å². The van der Waals surface area contributed by atoms with Gasteiger partial charge in [-0.1, -0.05) is 22.0 Å². The SMILES string of the molecule is Nc1cc(OC(F)F)ccc1CCCBr. The zero-order chi connectivity index (χ0) is 11.3. The van der Waals surface area contributed by atoms with E-state index in [4.69, 9.17) is 5.73 Å². The van der Waals surface area contributed by atoms with Crippen LogP contribution in [0.2, 0.25) is 0 Å². The highest BCUT2D eigenvalue weighted by atomic mass is 79.9. The first-order chi connectivity index (χ1) is 7.13. The fourth-order valence-corrected chi connectivity index (χ4v) is 1.51. The van der Waals surface area contributed by atoms with E-state index >= 15 is 0 Å². The number of hydrogen-bond donors (Lipinski definition) is 1. The molecule has 2 N–H and O–H groups in total. The molecule has 15 heavy (non-hydrogen) atoms. The van der Waals surface area contributed by atoms with Gasteiger partial charge in [-0.25, -0.2) is 0 Å². The summed E-state index contributed by atoms with van der Waals surface area (Å²) in [6.07, 6.45) is 1.78. The fourth-order valence-electron chi connectivity index (χ4n) is 1.23. The molecule has 0 aromatic heterocycles. The smallest absolute Gasteiger partial charge is 0.387 e. The van der Waals surface area contributed by atoms with E-state index in [1.165, 1.54) is 12.1 Å². The van der Waals surface area contributed by atoms with Gasteiger partial charge in [-0.15, -0.1) is 0 Å². The van der Waals surface area contributed by atoms with Gasteiger partial charge in [0.2, 0.25) is 0 Å². The normalized spacial score (nSPS) is 10.7. The lowest BCUT2D eigenvalue weighted by atomic mass is 10.1. The molecule has 0 atom stereocenters. The lowest BCUT2D eigenvalue weighted by Gasteiger charge is -2.08. The van der Waals surface area contributed by atoms with E-state index in [2.05, 4.69) is 20.7 Å². The van der Waals surface area contributed by atoms with Crippen LogP contribution >= 0.6 is 15.9 Å². The topological polar surface area (TPSA) is 35.2 Å². The van der Waals surface area contributed by atoms with Crippen LogP contribution in [0, 0.1) is 0 Å². The third-order valence-corrected chi connectivity index (χ3v) is 2.48. The van der Waals surface area contributed by atoms with Gasteiger partial charge in [0, 0.05) is 17.1 Å². The first-order valence-corrected chi connectivity index (χ1v) is 5.65. The summed E-state index contributed by atoms with van der Waals surface area (Å²) in [6.45, 7) is -2.81. The van der Waals surface area contributed by atoms with Crippen molar-refractivity contribution >= 4 is 21.6 Å². The van der Waals surface area contributed by atoms with E-state index in [0.717, 1.165) is 23.7 Å². The van der Waals surface area contributed by atoms with Gasteiger partial charge in [-0.05, 0) is 24.5 Å². The summed E-state index contributed by atoms with van der Waals surface area (Å²) in [7, 11) is 0. The highest BCUT2D eigenvalue weighted by Crippen LogP contribution is 2.22. The van der Waals surface area contributed by atoms with Crippen molar-refractivity contribution in [2.75, 3.05) is 11.1 Å². The number of aryl methyl sites for hydroxylation is 1. The monoisotopic (exact) mass is 279 g/mol. The first-order valence-electron chi connectivity index (χ1n) is 4.52. The molecule has 0 saturated heterocycles. The molecule has 0 radical (unpaired) electrons. The van der Waals surface area contributed by atoms with Crippen molar-refractivity contribution in [1.29, 1.82) is 0 Å². The number of nitrogen functional groups attached to an aromatic ring is 1. The van der Waals surface area contributed by atoms with Crippen LogP contribution in [0.25, 0.3) is 0 Å². The average molecular weight is 280 g/mol. The number of ether oxygens (including phenoxy) is 1. The molecule has 0 fully saturated rings. The molecule has 1 aromatic rings. The second-order valence-corrected chi connectivity index (χ2v) is 3.82. The van der Waals surface area contributed by atoms with E-state index in [0.29, 0.717) is 5.69 Å². The highest BCUT2D eigenvalue weighted by Gasteiger charge is 2.06. The van der Waals surface area contributed by atoms with Gasteiger partial charge >= 0.3 is 6.61 Å². The summed E-state index contributed by atoms with van der Waals surface area (Å²) in [4.78, 5) is 0. The minimum absolute atomic E-state index is 0.102. The Kier molecular flexibility index (Phi) is 4.81. The van der Waals surface area contributed by atoms with Gasteiger partial charge < -0.3 is 10.5 Å². The van der Waals surface area contributed by atoms with Gasteiger partial charge in [-0.3, -0.25) is 0 Å².